The molecule has 0 aliphatic carbocycles. The van der Waals surface area contributed by atoms with E-state index >= 15 is 0 Å². The van der Waals surface area contributed by atoms with E-state index in [4.69, 9.17) is 11.6 Å². The summed E-state index contributed by atoms with van der Waals surface area (Å²) in [6, 6.07) is 20.9. The fraction of sp³-hybridized carbons (Fsp3) is 0.120. The van der Waals surface area contributed by atoms with Crippen LogP contribution in [0.5, 0.6) is 0 Å². The van der Waals surface area contributed by atoms with Crippen molar-refractivity contribution in [3.63, 3.8) is 0 Å². The third-order valence-corrected chi connectivity index (χ3v) is 7.62. The lowest BCUT2D eigenvalue weighted by atomic mass is 10.2. The molecule has 0 aliphatic rings. The van der Waals surface area contributed by atoms with E-state index in [1.807, 2.05) is 6.07 Å². The number of fused-ring (bicyclic) bond motifs is 1. The van der Waals surface area contributed by atoms with Crippen molar-refractivity contribution in [1.29, 1.82) is 0 Å². The standard InChI is InChI=1S/C25H22ClN3O4S2/c1-16(30)27-20-7-9-21(10-8-20)28-25(31)24-14-18-13-22(11-12-23(18)34-24)29(35(2,32)33)15-17-3-5-19(26)6-4-17/h3-14H,15H2,1-2H3,(H,27,30)(H,28,31). The van der Waals surface area contributed by atoms with Gasteiger partial charge >= 0.3 is 0 Å². The van der Waals surface area contributed by atoms with E-state index in [-0.39, 0.29) is 18.4 Å². The van der Waals surface area contributed by atoms with Crippen molar-refractivity contribution in [2.45, 2.75) is 13.5 Å². The minimum atomic E-state index is -3.56. The Morgan fingerprint density at radius 2 is 1.54 bits per heavy atom. The zero-order chi connectivity index (χ0) is 25.2. The quantitative estimate of drug-likeness (QED) is 0.321. The van der Waals surface area contributed by atoms with Gasteiger partial charge in [0.15, 0.2) is 0 Å². The summed E-state index contributed by atoms with van der Waals surface area (Å²) >= 11 is 7.26. The molecule has 7 nitrogen and oxygen atoms in total. The number of sulfonamides is 1. The van der Waals surface area contributed by atoms with Gasteiger partial charge in [-0.15, -0.1) is 11.3 Å². The van der Waals surface area contributed by atoms with Crippen LogP contribution in [-0.2, 0) is 21.4 Å². The molecule has 1 heterocycles. The topological polar surface area (TPSA) is 95.6 Å². The number of nitrogens with zero attached hydrogens (tertiary/aromatic N) is 1. The number of amides is 2. The number of anilines is 3. The third kappa shape index (κ3) is 6.19. The summed E-state index contributed by atoms with van der Waals surface area (Å²) in [5.41, 5.74) is 2.54. The predicted octanol–water partition coefficient (Wildman–Crippen LogP) is 5.73. The molecule has 0 bridgehead atoms. The third-order valence-electron chi connectivity index (χ3n) is 5.11. The molecule has 10 heteroatoms. The maximum Gasteiger partial charge on any atom is 0.265 e. The van der Waals surface area contributed by atoms with E-state index < -0.39 is 10.0 Å². The Hall–Kier alpha value is -3.40. The summed E-state index contributed by atoms with van der Waals surface area (Å²) in [5, 5.41) is 6.86. The number of halogens is 1. The Balaban J connectivity index is 1.56. The molecular formula is C25H22ClN3O4S2. The molecule has 4 aromatic rings. The van der Waals surface area contributed by atoms with Crippen LogP contribution in [0.3, 0.4) is 0 Å². The van der Waals surface area contributed by atoms with Crippen LogP contribution < -0.4 is 14.9 Å². The molecule has 4 rings (SSSR count). The van der Waals surface area contributed by atoms with E-state index in [9.17, 15) is 18.0 Å². The van der Waals surface area contributed by atoms with Crippen molar-refractivity contribution in [2.75, 3.05) is 21.2 Å². The highest BCUT2D eigenvalue weighted by molar-refractivity contribution is 7.92. The van der Waals surface area contributed by atoms with Crippen LogP contribution in [0.1, 0.15) is 22.2 Å². The van der Waals surface area contributed by atoms with Crippen molar-refractivity contribution in [3.8, 4) is 0 Å². The van der Waals surface area contributed by atoms with Gasteiger partial charge in [0.1, 0.15) is 0 Å². The summed E-state index contributed by atoms with van der Waals surface area (Å²) in [6.45, 7) is 1.59. The lowest BCUT2D eigenvalue weighted by molar-refractivity contribution is -0.114. The van der Waals surface area contributed by atoms with Gasteiger partial charge in [0.05, 0.1) is 23.4 Å². The predicted molar refractivity (Wildman–Crippen MR) is 143 cm³/mol. The minimum Gasteiger partial charge on any atom is -0.326 e. The zero-order valence-electron chi connectivity index (χ0n) is 18.9. The Morgan fingerprint density at radius 1 is 0.914 bits per heavy atom. The number of carbonyl (C=O) groups excluding carboxylic acids is 2. The summed E-state index contributed by atoms with van der Waals surface area (Å²) in [6.07, 6.45) is 1.16. The van der Waals surface area contributed by atoms with Gasteiger partial charge in [0.25, 0.3) is 5.91 Å². The van der Waals surface area contributed by atoms with E-state index in [1.165, 1.54) is 22.6 Å². The largest absolute Gasteiger partial charge is 0.326 e. The lowest BCUT2D eigenvalue weighted by Gasteiger charge is -2.22. The van der Waals surface area contributed by atoms with Crippen LogP contribution in [0.25, 0.3) is 10.1 Å². The van der Waals surface area contributed by atoms with Gasteiger partial charge < -0.3 is 10.6 Å². The Bertz CT molecular complexity index is 1500. The van der Waals surface area contributed by atoms with Crippen molar-refractivity contribution >= 4 is 71.9 Å². The van der Waals surface area contributed by atoms with Crippen molar-refractivity contribution in [1.82, 2.24) is 0 Å². The van der Waals surface area contributed by atoms with E-state index in [0.29, 0.717) is 27.0 Å². The number of hydrogen-bond acceptors (Lipinski definition) is 5. The molecule has 0 atom stereocenters. The number of hydrogen-bond donors (Lipinski definition) is 2. The van der Waals surface area contributed by atoms with Crippen LogP contribution in [0, 0.1) is 0 Å². The smallest absolute Gasteiger partial charge is 0.265 e. The van der Waals surface area contributed by atoms with Crippen LogP contribution in [-0.4, -0.2) is 26.5 Å². The summed E-state index contributed by atoms with van der Waals surface area (Å²) in [5.74, 6) is -0.449. The molecule has 0 saturated carbocycles. The second kappa shape index (κ2) is 10.1. The summed E-state index contributed by atoms with van der Waals surface area (Å²) < 4.78 is 27.3. The van der Waals surface area contributed by atoms with Gasteiger partial charge in [-0.2, -0.15) is 0 Å². The molecule has 3 aromatic carbocycles. The highest BCUT2D eigenvalue weighted by atomic mass is 35.5. The SMILES string of the molecule is CC(=O)Nc1ccc(NC(=O)c2cc3cc(N(Cc4ccc(Cl)cc4)S(C)(=O)=O)ccc3s2)cc1. The summed E-state index contributed by atoms with van der Waals surface area (Å²) in [4.78, 5) is 24.4. The van der Waals surface area contributed by atoms with Crippen molar-refractivity contribution < 1.29 is 18.0 Å². The molecule has 180 valence electrons. The molecule has 1 aromatic heterocycles. The molecule has 0 radical (unpaired) electrons. The number of carbonyl (C=O) groups is 2. The maximum atomic E-state index is 12.8. The van der Waals surface area contributed by atoms with Gasteiger partial charge in [-0.1, -0.05) is 23.7 Å². The first kappa shape index (κ1) is 24.7. The van der Waals surface area contributed by atoms with Crippen molar-refractivity contribution in [2.24, 2.45) is 0 Å². The normalized spacial score (nSPS) is 11.3. The molecule has 0 fully saturated rings. The van der Waals surface area contributed by atoms with E-state index in [0.717, 1.165) is 21.9 Å². The van der Waals surface area contributed by atoms with Gasteiger partial charge in [0.2, 0.25) is 15.9 Å². The Kier molecular flexibility index (Phi) is 7.11. The molecule has 0 unspecified atom stereocenters. The first-order valence-electron chi connectivity index (χ1n) is 10.5. The highest BCUT2D eigenvalue weighted by Crippen LogP contribution is 2.32. The number of rotatable bonds is 7. The Labute approximate surface area is 212 Å². The first-order chi connectivity index (χ1) is 16.6. The lowest BCUT2D eigenvalue weighted by Crippen LogP contribution is -2.29. The van der Waals surface area contributed by atoms with Crippen LogP contribution in [0.15, 0.2) is 72.8 Å². The van der Waals surface area contributed by atoms with Gasteiger partial charge in [0, 0.05) is 28.0 Å². The van der Waals surface area contributed by atoms with E-state index in [1.54, 1.807) is 66.7 Å². The van der Waals surface area contributed by atoms with Crippen LogP contribution in [0.2, 0.25) is 5.02 Å². The van der Waals surface area contributed by atoms with E-state index in [2.05, 4.69) is 10.6 Å². The number of nitrogens with one attached hydrogen (secondary N) is 2. The molecule has 35 heavy (non-hydrogen) atoms. The molecule has 0 saturated heterocycles. The fourth-order valence-electron chi connectivity index (χ4n) is 3.49. The van der Waals surface area contributed by atoms with Gasteiger partial charge in [-0.25, -0.2) is 8.42 Å². The molecular weight excluding hydrogens is 506 g/mol. The molecule has 0 spiro atoms. The maximum absolute atomic E-state index is 12.8. The number of thiophene rings is 1. The molecule has 2 amide bonds. The Morgan fingerprint density at radius 3 is 2.14 bits per heavy atom. The van der Waals surface area contributed by atoms with Gasteiger partial charge in [-0.05, 0) is 71.6 Å². The average molecular weight is 528 g/mol. The zero-order valence-corrected chi connectivity index (χ0v) is 21.3. The van der Waals surface area contributed by atoms with Crippen LogP contribution >= 0.6 is 22.9 Å². The first-order valence-corrected chi connectivity index (χ1v) is 13.6. The second-order valence-corrected chi connectivity index (χ2v) is 11.4. The van der Waals surface area contributed by atoms with Crippen LogP contribution in [0.4, 0.5) is 17.1 Å². The second-order valence-electron chi connectivity index (χ2n) is 7.94. The summed E-state index contributed by atoms with van der Waals surface area (Å²) in [7, 11) is -3.56. The van der Waals surface area contributed by atoms with Gasteiger partial charge in [-0.3, -0.25) is 13.9 Å². The monoisotopic (exact) mass is 527 g/mol. The minimum absolute atomic E-state index is 0.160. The van der Waals surface area contributed by atoms with Crippen molar-refractivity contribution in [3.05, 3.63) is 88.3 Å². The molecule has 2 N–H and O–H groups in total. The molecule has 0 aliphatic heterocycles. The highest BCUT2D eigenvalue weighted by Gasteiger charge is 2.19. The number of benzene rings is 3. The average Bonchev–Trinajstić information content (AvgIpc) is 3.22. The fourth-order valence-corrected chi connectivity index (χ4v) is 5.43.